The predicted octanol–water partition coefficient (Wildman–Crippen LogP) is 1.00. The van der Waals surface area contributed by atoms with Crippen LogP contribution in [0.1, 0.15) is 19.8 Å². The fourth-order valence-corrected chi connectivity index (χ4v) is 0.858. The van der Waals surface area contributed by atoms with Gasteiger partial charge in [-0.25, -0.2) is 0 Å². The minimum atomic E-state index is -4.17. The molecule has 0 aromatic rings. The summed E-state index contributed by atoms with van der Waals surface area (Å²) in [6.07, 6.45) is -4.91. The zero-order valence-electron chi connectivity index (χ0n) is 6.36. The van der Waals surface area contributed by atoms with Gasteiger partial charge in [-0.1, -0.05) is 0 Å². The van der Waals surface area contributed by atoms with Gasteiger partial charge in [-0.15, -0.1) is 0 Å². The highest BCUT2D eigenvalue weighted by atomic mass is 19.4. The second-order valence-corrected chi connectivity index (χ2v) is 2.79. The Labute approximate surface area is 63.7 Å². The van der Waals surface area contributed by atoms with Crippen LogP contribution in [0.5, 0.6) is 0 Å². The van der Waals surface area contributed by atoms with Gasteiger partial charge in [0, 0.05) is 12.1 Å². The van der Waals surface area contributed by atoms with Crippen LogP contribution in [0.25, 0.3) is 0 Å². The Balaban J connectivity index is 3.61. The Kier molecular flexibility index (Phi) is 3.82. The van der Waals surface area contributed by atoms with Gasteiger partial charge in [0.15, 0.2) is 0 Å². The molecular formula is C6H13F3N2. The van der Waals surface area contributed by atoms with E-state index in [-0.39, 0.29) is 12.5 Å². The average Bonchev–Trinajstić information content (AvgIpc) is 1.53. The zero-order valence-corrected chi connectivity index (χ0v) is 6.36. The van der Waals surface area contributed by atoms with E-state index >= 15 is 0 Å². The van der Waals surface area contributed by atoms with Crippen LogP contribution in [-0.4, -0.2) is 18.3 Å². The molecule has 0 radical (unpaired) electrons. The third-order valence-electron chi connectivity index (χ3n) is 1.17. The monoisotopic (exact) mass is 170 g/mol. The second kappa shape index (κ2) is 3.92. The van der Waals surface area contributed by atoms with E-state index in [1.807, 2.05) is 0 Å². The van der Waals surface area contributed by atoms with E-state index in [0.717, 1.165) is 0 Å². The van der Waals surface area contributed by atoms with Gasteiger partial charge >= 0.3 is 6.18 Å². The molecule has 0 aromatic carbocycles. The summed E-state index contributed by atoms with van der Waals surface area (Å²) in [5.74, 6) is 0. The maximum Gasteiger partial charge on any atom is 0.390 e. The maximum atomic E-state index is 11.6. The molecule has 0 amide bonds. The van der Waals surface area contributed by atoms with Crippen molar-refractivity contribution < 1.29 is 13.2 Å². The van der Waals surface area contributed by atoms with Crippen molar-refractivity contribution in [1.29, 1.82) is 0 Å². The zero-order chi connectivity index (χ0) is 9.07. The van der Waals surface area contributed by atoms with E-state index in [1.54, 1.807) is 6.92 Å². The Bertz CT molecular complexity index is 111. The fraction of sp³-hybridized carbons (Fsp3) is 1.00. The van der Waals surface area contributed by atoms with Crippen molar-refractivity contribution in [1.82, 2.24) is 0 Å². The van der Waals surface area contributed by atoms with E-state index in [4.69, 9.17) is 11.5 Å². The summed E-state index contributed by atoms with van der Waals surface area (Å²) in [5, 5.41) is 0. The van der Waals surface area contributed by atoms with Crippen LogP contribution in [0.15, 0.2) is 0 Å². The molecule has 0 rings (SSSR count). The summed E-state index contributed by atoms with van der Waals surface area (Å²) in [6, 6.07) is -1.14. The molecule has 0 aromatic heterocycles. The number of nitrogens with two attached hydrogens (primary N) is 2. The van der Waals surface area contributed by atoms with Gasteiger partial charge in [0.1, 0.15) is 0 Å². The van der Waals surface area contributed by atoms with Crippen LogP contribution < -0.4 is 11.5 Å². The smallest absolute Gasteiger partial charge is 0.328 e. The number of hydrogen-bond acceptors (Lipinski definition) is 2. The summed E-state index contributed by atoms with van der Waals surface area (Å²) < 4.78 is 34.9. The highest BCUT2D eigenvalue weighted by Crippen LogP contribution is 2.21. The average molecular weight is 170 g/mol. The van der Waals surface area contributed by atoms with Crippen molar-refractivity contribution in [3.63, 3.8) is 0 Å². The lowest BCUT2D eigenvalue weighted by atomic mass is 10.1. The molecule has 0 saturated heterocycles. The molecule has 0 aliphatic heterocycles. The minimum absolute atomic E-state index is 0.208. The van der Waals surface area contributed by atoms with E-state index in [2.05, 4.69) is 0 Å². The minimum Gasteiger partial charge on any atom is -0.328 e. The van der Waals surface area contributed by atoms with E-state index < -0.39 is 18.6 Å². The highest BCUT2D eigenvalue weighted by Gasteiger charge is 2.30. The topological polar surface area (TPSA) is 52.0 Å². The van der Waals surface area contributed by atoms with E-state index in [1.165, 1.54) is 0 Å². The van der Waals surface area contributed by atoms with Crippen molar-refractivity contribution in [2.75, 3.05) is 0 Å². The first-order valence-corrected chi connectivity index (χ1v) is 3.39. The lowest BCUT2D eigenvalue weighted by Crippen LogP contribution is -2.33. The number of rotatable bonds is 3. The van der Waals surface area contributed by atoms with Crippen molar-refractivity contribution in [3.8, 4) is 0 Å². The lowest BCUT2D eigenvalue weighted by molar-refractivity contribution is -0.138. The molecule has 68 valence electrons. The lowest BCUT2D eigenvalue weighted by Gasteiger charge is -2.15. The molecule has 0 aliphatic rings. The van der Waals surface area contributed by atoms with Crippen LogP contribution in [-0.2, 0) is 0 Å². The molecule has 2 atom stereocenters. The third-order valence-corrected chi connectivity index (χ3v) is 1.17. The molecule has 5 heteroatoms. The molecule has 0 saturated carbocycles. The molecule has 0 fully saturated rings. The number of hydrogen-bond donors (Lipinski definition) is 2. The van der Waals surface area contributed by atoms with Gasteiger partial charge in [-0.05, 0) is 13.3 Å². The molecule has 4 N–H and O–H groups in total. The quantitative estimate of drug-likeness (QED) is 0.664. The molecule has 11 heavy (non-hydrogen) atoms. The van der Waals surface area contributed by atoms with Crippen LogP contribution in [0, 0.1) is 0 Å². The van der Waals surface area contributed by atoms with E-state index in [9.17, 15) is 13.2 Å². The summed E-state index contributed by atoms with van der Waals surface area (Å²) in [5.41, 5.74) is 10.4. The van der Waals surface area contributed by atoms with Gasteiger partial charge in [-0.3, -0.25) is 0 Å². The Morgan fingerprint density at radius 2 is 1.73 bits per heavy atom. The van der Waals surface area contributed by atoms with Crippen molar-refractivity contribution >= 4 is 0 Å². The van der Waals surface area contributed by atoms with Crippen molar-refractivity contribution in [2.24, 2.45) is 11.5 Å². The van der Waals surface area contributed by atoms with Crippen molar-refractivity contribution in [2.45, 2.75) is 38.0 Å². The molecule has 0 spiro atoms. The molecular weight excluding hydrogens is 157 g/mol. The fourth-order valence-electron chi connectivity index (χ4n) is 0.858. The molecule has 0 aliphatic carbocycles. The number of halogens is 3. The van der Waals surface area contributed by atoms with Gasteiger partial charge in [0.05, 0.1) is 6.42 Å². The Hall–Kier alpha value is -0.290. The van der Waals surface area contributed by atoms with Crippen LogP contribution >= 0.6 is 0 Å². The Morgan fingerprint density at radius 1 is 1.27 bits per heavy atom. The first kappa shape index (κ1) is 10.7. The SMILES string of the molecule is CC(N)CC(N)CC(F)(F)F. The van der Waals surface area contributed by atoms with Crippen LogP contribution in [0.4, 0.5) is 13.2 Å². The predicted molar refractivity (Wildman–Crippen MR) is 36.9 cm³/mol. The first-order valence-electron chi connectivity index (χ1n) is 3.39. The van der Waals surface area contributed by atoms with E-state index in [0.29, 0.717) is 0 Å². The molecule has 2 nitrogen and oxygen atoms in total. The van der Waals surface area contributed by atoms with Gasteiger partial charge in [0.25, 0.3) is 0 Å². The van der Waals surface area contributed by atoms with Crippen molar-refractivity contribution in [3.05, 3.63) is 0 Å². The molecule has 0 bridgehead atoms. The summed E-state index contributed by atoms with van der Waals surface area (Å²) in [7, 11) is 0. The third kappa shape index (κ3) is 7.61. The largest absolute Gasteiger partial charge is 0.390 e. The van der Waals surface area contributed by atoms with Gasteiger partial charge < -0.3 is 11.5 Å². The summed E-state index contributed by atoms with van der Waals surface area (Å²) >= 11 is 0. The maximum absolute atomic E-state index is 11.6. The summed E-state index contributed by atoms with van der Waals surface area (Å²) in [6.45, 7) is 1.64. The molecule has 2 unspecified atom stereocenters. The summed E-state index contributed by atoms with van der Waals surface area (Å²) in [4.78, 5) is 0. The second-order valence-electron chi connectivity index (χ2n) is 2.79. The van der Waals surface area contributed by atoms with Gasteiger partial charge in [0.2, 0.25) is 0 Å². The van der Waals surface area contributed by atoms with Crippen LogP contribution in [0.2, 0.25) is 0 Å². The molecule has 0 heterocycles. The number of alkyl halides is 3. The highest BCUT2D eigenvalue weighted by molar-refractivity contribution is 4.70. The van der Waals surface area contributed by atoms with Gasteiger partial charge in [-0.2, -0.15) is 13.2 Å². The standard InChI is InChI=1S/C6H13F3N2/c1-4(10)2-5(11)3-6(7,8)9/h4-5H,2-3,10-11H2,1H3. The first-order chi connectivity index (χ1) is 4.81. The van der Waals surface area contributed by atoms with Crippen LogP contribution in [0.3, 0.4) is 0 Å². The Morgan fingerprint density at radius 3 is 2.00 bits per heavy atom. The normalized spacial score (nSPS) is 18.0.